The highest BCUT2D eigenvalue weighted by molar-refractivity contribution is 6.07. The molecule has 2 aromatic rings. The lowest BCUT2D eigenvalue weighted by molar-refractivity contribution is 0.0927. The molecule has 0 spiro atoms. The molecule has 1 heterocycles. The number of aryl methyl sites for hydroxylation is 1. The Labute approximate surface area is 191 Å². The van der Waals surface area contributed by atoms with Crippen molar-refractivity contribution in [3.63, 3.8) is 0 Å². The molecule has 1 saturated carbocycles. The molecule has 2 N–H and O–H groups in total. The lowest BCUT2D eigenvalue weighted by Gasteiger charge is -2.34. The zero-order valence-electron chi connectivity index (χ0n) is 19.3. The average molecular weight is 434 g/mol. The van der Waals surface area contributed by atoms with Gasteiger partial charge in [-0.25, -0.2) is 0 Å². The van der Waals surface area contributed by atoms with Crippen molar-refractivity contribution in [3.05, 3.63) is 59.2 Å². The van der Waals surface area contributed by atoms with E-state index < -0.39 is 0 Å². The Morgan fingerprint density at radius 1 is 0.875 bits per heavy atom. The molecule has 2 amide bonds. The molecular weight excluding hydrogens is 398 g/mol. The molecule has 0 unspecified atom stereocenters. The number of hydrogen-bond donors (Lipinski definition) is 2. The number of hydrogen-bond acceptors (Lipinski definition) is 3. The quantitative estimate of drug-likeness (QED) is 0.650. The van der Waals surface area contributed by atoms with Crippen molar-refractivity contribution in [1.29, 1.82) is 0 Å². The van der Waals surface area contributed by atoms with Gasteiger partial charge in [0.2, 0.25) is 0 Å². The summed E-state index contributed by atoms with van der Waals surface area (Å²) in [6, 6.07) is 13.6. The molecule has 32 heavy (non-hydrogen) atoms. The van der Waals surface area contributed by atoms with Gasteiger partial charge in [0.25, 0.3) is 11.8 Å². The van der Waals surface area contributed by atoms with E-state index in [0.717, 1.165) is 55.9 Å². The van der Waals surface area contributed by atoms with Crippen LogP contribution in [0.25, 0.3) is 0 Å². The fourth-order valence-corrected chi connectivity index (χ4v) is 4.86. The third kappa shape index (κ3) is 5.32. The number of amides is 2. The van der Waals surface area contributed by atoms with Crippen molar-refractivity contribution < 1.29 is 9.59 Å². The standard InChI is InChI=1S/C27H35N3O2/c1-19-14-16-30(17-15-19)25-13-12-22(29-26(31)23-11-7-6-8-20(23)2)18-24(25)27(32)28-21-9-4-3-5-10-21/h6-8,11-13,18-19,21H,3-5,9-10,14-17H2,1-2H3,(H,28,32)(H,29,31). The second kappa shape index (κ2) is 10.2. The summed E-state index contributed by atoms with van der Waals surface area (Å²) < 4.78 is 0. The predicted molar refractivity (Wildman–Crippen MR) is 131 cm³/mol. The first-order valence-electron chi connectivity index (χ1n) is 12.1. The van der Waals surface area contributed by atoms with Crippen LogP contribution in [0.1, 0.15) is 78.1 Å². The summed E-state index contributed by atoms with van der Waals surface area (Å²) in [5, 5.41) is 6.26. The number of rotatable bonds is 5. The van der Waals surface area contributed by atoms with E-state index in [1.54, 1.807) is 0 Å². The maximum absolute atomic E-state index is 13.4. The van der Waals surface area contributed by atoms with Crippen LogP contribution in [0, 0.1) is 12.8 Å². The number of anilines is 2. The van der Waals surface area contributed by atoms with E-state index in [1.165, 1.54) is 19.3 Å². The van der Waals surface area contributed by atoms with Gasteiger partial charge in [-0.2, -0.15) is 0 Å². The highest BCUT2D eigenvalue weighted by atomic mass is 16.2. The fourth-order valence-electron chi connectivity index (χ4n) is 4.86. The van der Waals surface area contributed by atoms with Crippen molar-refractivity contribution >= 4 is 23.2 Å². The van der Waals surface area contributed by atoms with E-state index in [4.69, 9.17) is 0 Å². The Morgan fingerprint density at radius 3 is 2.31 bits per heavy atom. The molecule has 0 radical (unpaired) electrons. The molecular formula is C27H35N3O2. The summed E-state index contributed by atoms with van der Waals surface area (Å²) in [5.74, 6) is 0.539. The molecule has 1 aliphatic carbocycles. The van der Waals surface area contributed by atoms with Crippen LogP contribution < -0.4 is 15.5 Å². The van der Waals surface area contributed by atoms with Crippen LogP contribution in [0.4, 0.5) is 11.4 Å². The van der Waals surface area contributed by atoms with Crippen LogP contribution in [0.2, 0.25) is 0 Å². The first-order valence-corrected chi connectivity index (χ1v) is 12.1. The number of carbonyl (C=O) groups is 2. The Morgan fingerprint density at radius 2 is 1.59 bits per heavy atom. The smallest absolute Gasteiger partial charge is 0.255 e. The maximum atomic E-state index is 13.4. The van der Waals surface area contributed by atoms with Crippen LogP contribution in [-0.4, -0.2) is 30.9 Å². The molecule has 1 aliphatic heterocycles. The van der Waals surface area contributed by atoms with Crippen molar-refractivity contribution in [2.45, 2.75) is 64.8 Å². The van der Waals surface area contributed by atoms with Crippen molar-refractivity contribution in [1.82, 2.24) is 5.32 Å². The van der Waals surface area contributed by atoms with Crippen molar-refractivity contribution in [2.75, 3.05) is 23.3 Å². The minimum Gasteiger partial charge on any atom is -0.371 e. The summed E-state index contributed by atoms with van der Waals surface area (Å²) in [5.41, 5.74) is 3.86. The highest BCUT2D eigenvalue weighted by Crippen LogP contribution is 2.29. The van der Waals surface area contributed by atoms with Gasteiger partial charge < -0.3 is 15.5 Å². The van der Waals surface area contributed by atoms with Gasteiger partial charge >= 0.3 is 0 Å². The zero-order chi connectivity index (χ0) is 22.5. The van der Waals surface area contributed by atoms with Gasteiger partial charge in [0.15, 0.2) is 0 Å². The van der Waals surface area contributed by atoms with Gasteiger partial charge in [-0.3, -0.25) is 9.59 Å². The Balaban J connectivity index is 1.58. The third-order valence-electron chi connectivity index (χ3n) is 6.95. The van der Waals surface area contributed by atoms with Gasteiger partial charge in [-0.05, 0) is 68.4 Å². The first kappa shape index (κ1) is 22.4. The molecule has 4 rings (SSSR count). The fraction of sp³-hybridized carbons (Fsp3) is 0.481. The molecule has 2 aromatic carbocycles. The van der Waals surface area contributed by atoms with Crippen molar-refractivity contribution in [2.24, 2.45) is 5.92 Å². The number of nitrogens with one attached hydrogen (secondary N) is 2. The van der Waals surface area contributed by atoms with Crippen molar-refractivity contribution in [3.8, 4) is 0 Å². The summed E-state index contributed by atoms with van der Waals surface area (Å²) in [4.78, 5) is 28.5. The highest BCUT2D eigenvalue weighted by Gasteiger charge is 2.24. The number of nitrogens with zero attached hydrogens (tertiary/aromatic N) is 1. The van der Waals surface area contributed by atoms with Crippen LogP contribution in [0.5, 0.6) is 0 Å². The van der Waals surface area contributed by atoms with Crippen LogP contribution in [-0.2, 0) is 0 Å². The minimum atomic E-state index is -0.152. The molecule has 1 saturated heterocycles. The SMILES string of the molecule is Cc1ccccc1C(=O)Nc1ccc(N2CCC(C)CC2)c(C(=O)NC2CCCCC2)c1. The Kier molecular flexibility index (Phi) is 7.13. The predicted octanol–water partition coefficient (Wildman–Crippen LogP) is 5.55. The summed E-state index contributed by atoms with van der Waals surface area (Å²) in [7, 11) is 0. The molecule has 2 aliphatic rings. The maximum Gasteiger partial charge on any atom is 0.255 e. The molecule has 170 valence electrons. The molecule has 5 nitrogen and oxygen atoms in total. The van der Waals surface area contributed by atoms with Crippen LogP contribution >= 0.6 is 0 Å². The molecule has 2 fully saturated rings. The number of carbonyl (C=O) groups excluding carboxylic acids is 2. The Hall–Kier alpha value is -2.82. The largest absolute Gasteiger partial charge is 0.371 e. The monoisotopic (exact) mass is 433 g/mol. The second-order valence-corrected chi connectivity index (χ2v) is 9.48. The minimum absolute atomic E-state index is 0.0301. The summed E-state index contributed by atoms with van der Waals surface area (Å²) >= 11 is 0. The lowest BCUT2D eigenvalue weighted by Crippen LogP contribution is -2.38. The molecule has 0 aromatic heterocycles. The van der Waals surface area contributed by atoms with Crippen LogP contribution in [0.15, 0.2) is 42.5 Å². The van der Waals surface area contributed by atoms with Gasteiger partial charge in [-0.1, -0.05) is 44.4 Å². The topological polar surface area (TPSA) is 61.4 Å². The third-order valence-corrected chi connectivity index (χ3v) is 6.95. The van der Waals surface area contributed by atoms with E-state index in [0.29, 0.717) is 16.8 Å². The van der Waals surface area contributed by atoms with Gasteiger partial charge in [0.05, 0.1) is 5.56 Å². The van der Waals surface area contributed by atoms with E-state index >= 15 is 0 Å². The van der Waals surface area contributed by atoms with Crippen LogP contribution in [0.3, 0.4) is 0 Å². The van der Waals surface area contributed by atoms with E-state index in [-0.39, 0.29) is 17.9 Å². The zero-order valence-corrected chi connectivity index (χ0v) is 19.3. The summed E-state index contributed by atoms with van der Waals surface area (Å²) in [6.07, 6.45) is 7.97. The van der Waals surface area contributed by atoms with E-state index in [9.17, 15) is 9.59 Å². The van der Waals surface area contributed by atoms with Gasteiger partial charge in [-0.15, -0.1) is 0 Å². The average Bonchev–Trinajstić information content (AvgIpc) is 2.80. The van der Waals surface area contributed by atoms with Gasteiger partial charge in [0, 0.05) is 36.1 Å². The summed E-state index contributed by atoms with van der Waals surface area (Å²) in [6.45, 7) is 6.14. The Bertz CT molecular complexity index is 957. The molecule has 5 heteroatoms. The molecule has 0 atom stereocenters. The number of benzene rings is 2. The second-order valence-electron chi connectivity index (χ2n) is 9.48. The molecule has 0 bridgehead atoms. The van der Waals surface area contributed by atoms with Gasteiger partial charge in [0.1, 0.15) is 0 Å². The number of piperidine rings is 1. The first-order chi connectivity index (χ1) is 15.5. The van der Waals surface area contributed by atoms with E-state index in [2.05, 4.69) is 22.5 Å². The normalized spacial score (nSPS) is 17.8. The van der Waals surface area contributed by atoms with E-state index in [1.807, 2.05) is 49.4 Å². The lowest BCUT2D eigenvalue weighted by atomic mass is 9.95.